The van der Waals surface area contributed by atoms with Gasteiger partial charge in [-0.1, -0.05) is 29.8 Å². The molecular weight excluding hydrogens is 272 g/mol. The number of hydrogen-bond acceptors (Lipinski definition) is 3. The first-order valence-electron chi connectivity index (χ1n) is 6.50. The van der Waals surface area contributed by atoms with Gasteiger partial charge in [-0.25, -0.2) is 0 Å². The maximum Gasteiger partial charge on any atom is 0.120 e. The molecule has 3 nitrogen and oxygen atoms in total. The Morgan fingerprint density at radius 2 is 2.05 bits per heavy atom. The Hall–Kier alpha value is -1.71. The van der Waals surface area contributed by atoms with Gasteiger partial charge >= 0.3 is 0 Å². The Bertz CT molecular complexity index is 586. The lowest BCUT2D eigenvalue weighted by molar-refractivity contribution is 0.415. The van der Waals surface area contributed by atoms with Crippen molar-refractivity contribution in [1.82, 2.24) is 0 Å². The standard InChI is InChI=1S/C16H19ClN2O/c1-11-6-7-12(8-15(11)17)16(10-18)19-13-4-3-5-14(9-13)20-2/h3-9,16,19H,10,18H2,1-2H3. The zero-order valence-electron chi connectivity index (χ0n) is 11.7. The summed E-state index contributed by atoms with van der Waals surface area (Å²) in [5, 5.41) is 4.16. The quantitative estimate of drug-likeness (QED) is 0.881. The smallest absolute Gasteiger partial charge is 0.120 e. The molecule has 1 unspecified atom stereocenters. The van der Waals surface area contributed by atoms with Crippen molar-refractivity contribution in [1.29, 1.82) is 0 Å². The summed E-state index contributed by atoms with van der Waals surface area (Å²) in [5.74, 6) is 0.813. The van der Waals surface area contributed by atoms with E-state index in [4.69, 9.17) is 22.1 Å². The molecule has 2 aromatic rings. The van der Waals surface area contributed by atoms with E-state index in [1.807, 2.05) is 49.4 Å². The molecule has 3 N–H and O–H groups in total. The van der Waals surface area contributed by atoms with E-state index in [2.05, 4.69) is 5.32 Å². The second kappa shape index (κ2) is 6.64. The second-order valence-corrected chi connectivity index (χ2v) is 5.08. The van der Waals surface area contributed by atoms with Gasteiger partial charge in [0.25, 0.3) is 0 Å². The molecule has 0 aliphatic heterocycles. The molecule has 20 heavy (non-hydrogen) atoms. The van der Waals surface area contributed by atoms with E-state index in [1.165, 1.54) is 0 Å². The molecule has 106 valence electrons. The summed E-state index contributed by atoms with van der Waals surface area (Å²) < 4.78 is 5.22. The summed E-state index contributed by atoms with van der Waals surface area (Å²) >= 11 is 6.18. The van der Waals surface area contributed by atoms with Gasteiger partial charge in [-0.3, -0.25) is 0 Å². The van der Waals surface area contributed by atoms with Crippen LogP contribution in [0.1, 0.15) is 17.2 Å². The SMILES string of the molecule is COc1cccc(NC(CN)c2ccc(C)c(Cl)c2)c1. The van der Waals surface area contributed by atoms with E-state index in [1.54, 1.807) is 7.11 Å². The van der Waals surface area contributed by atoms with E-state index in [-0.39, 0.29) is 6.04 Å². The van der Waals surface area contributed by atoms with Crippen LogP contribution in [0.2, 0.25) is 5.02 Å². The minimum absolute atomic E-state index is 0.0141. The summed E-state index contributed by atoms with van der Waals surface area (Å²) in [6.07, 6.45) is 0. The Kier molecular flexibility index (Phi) is 4.88. The summed E-state index contributed by atoms with van der Waals surface area (Å²) in [5.41, 5.74) is 8.98. The third kappa shape index (κ3) is 3.44. The molecule has 0 saturated carbocycles. The number of aryl methyl sites for hydroxylation is 1. The van der Waals surface area contributed by atoms with E-state index in [9.17, 15) is 0 Å². The van der Waals surface area contributed by atoms with E-state index in [0.29, 0.717) is 6.54 Å². The fourth-order valence-corrected chi connectivity index (χ4v) is 2.21. The fourth-order valence-electron chi connectivity index (χ4n) is 2.02. The van der Waals surface area contributed by atoms with Crippen molar-refractivity contribution in [3.05, 3.63) is 58.6 Å². The largest absolute Gasteiger partial charge is 0.497 e. The predicted octanol–water partition coefficient (Wildman–Crippen LogP) is 3.77. The molecule has 0 amide bonds. The molecule has 2 rings (SSSR count). The highest BCUT2D eigenvalue weighted by Crippen LogP contribution is 2.25. The average Bonchev–Trinajstić information content (AvgIpc) is 2.48. The van der Waals surface area contributed by atoms with Gasteiger partial charge in [0.15, 0.2) is 0 Å². The number of nitrogens with two attached hydrogens (primary N) is 1. The molecule has 0 heterocycles. The topological polar surface area (TPSA) is 47.3 Å². The Morgan fingerprint density at radius 3 is 2.70 bits per heavy atom. The average molecular weight is 291 g/mol. The number of rotatable bonds is 5. The lowest BCUT2D eigenvalue weighted by Gasteiger charge is -2.19. The molecule has 0 fully saturated rings. The zero-order chi connectivity index (χ0) is 14.5. The predicted molar refractivity (Wildman–Crippen MR) is 84.6 cm³/mol. The minimum Gasteiger partial charge on any atom is -0.497 e. The number of hydrogen-bond donors (Lipinski definition) is 2. The lowest BCUT2D eigenvalue weighted by atomic mass is 10.0. The number of benzene rings is 2. The third-order valence-corrected chi connectivity index (χ3v) is 3.65. The highest BCUT2D eigenvalue weighted by Gasteiger charge is 2.11. The van der Waals surface area contributed by atoms with Crippen molar-refractivity contribution in [2.45, 2.75) is 13.0 Å². The maximum absolute atomic E-state index is 6.18. The normalized spacial score (nSPS) is 12.0. The van der Waals surface area contributed by atoms with Crippen molar-refractivity contribution in [3.63, 3.8) is 0 Å². The van der Waals surface area contributed by atoms with Crippen molar-refractivity contribution in [2.75, 3.05) is 19.0 Å². The van der Waals surface area contributed by atoms with Crippen LogP contribution >= 0.6 is 11.6 Å². The van der Waals surface area contributed by atoms with Gasteiger partial charge in [0, 0.05) is 23.3 Å². The van der Waals surface area contributed by atoms with Crippen molar-refractivity contribution in [2.24, 2.45) is 5.73 Å². The first-order valence-corrected chi connectivity index (χ1v) is 6.88. The third-order valence-electron chi connectivity index (χ3n) is 3.24. The number of methoxy groups -OCH3 is 1. The van der Waals surface area contributed by atoms with Gasteiger partial charge in [0.2, 0.25) is 0 Å². The molecule has 0 saturated heterocycles. The maximum atomic E-state index is 6.18. The number of anilines is 1. The van der Waals surface area contributed by atoms with Crippen molar-refractivity contribution in [3.8, 4) is 5.75 Å². The van der Waals surface area contributed by atoms with Gasteiger partial charge in [0.05, 0.1) is 13.2 Å². The number of halogens is 1. The van der Waals surface area contributed by atoms with Gasteiger partial charge in [-0.2, -0.15) is 0 Å². The summed E-state index contributed by atoms with van der Waals surface area (Å²) in [4.78, 5) is 0. The van der Waals surface area contributed by atoms with Crippen molar-refractivity contribution < 1.29 is 4.74 Å². The minimum atomic E-state index is 0.0141. The molecule has 0 spiro atoms. The summed E-state index contributed by atoms with van der Waals surface area (Å²) in [6.45, 7) is 2.47. The van der Waals surface area contributed by atoms with Gasteiger partial charge in [-0.15, -0.1) is 0 Å². The highest BCUT2D eigenvalue weighted by atomic mass is 35.5. The summed E-state index contributed by atoms with van der Waals surface area (Å²) in [7, 11) is 1.65. The molecule has 1 atom stereocenters. The van der Waals surface area contributed by atoms with Crippen LogP contribution in [0.15, 0.2) is 42.5 Å². The first kappa shape index (κ1) is 14.7. The monoisotopic (exact) mass is 290 g/mol. The Balaban J connectivity index is 2.21. The van der Waals surface area contributed by atoms with Crippen LogP contribution in [0.4, 0.5) is 5.69 Å². The summed E-state index contributed by atoms with van der Waals surface area (Å²) in [6, 6.07) is 13.8. The molecule has 0 radical (unpaired) electrons. The van der Waals surface area contributed by atoms with Gasteiger partial charge in [0.1, 0.15) is 5.75 Å². The van der Waals surface area contributed by atoms with Crippen molar-refractivity contribution >= 4 is 17.3 Å². The van der Waals surface area contributed by atoms with Crippen LogP contribution in [0.25, 0.3) is 0 Å². The van der Waals surface area contributed by atoms with Crippen LogP contribution in [0, 0.1) is 6.92 Å². The van der Waals surface area contributed by atoms with Crippen LogP contribution in [-0.2, 0) is 0 Å². The Labute approximate surface area is 124 Å². The van der Waals surface area contributed by atoms with E-state index in [0.717, 1.165) is 27.6 Å². The molecule has 0 aliphatic rings. The molecule has 0 aromatic heterocycles. The molecule has 2 aromatic carbocycles. The zero-order valence-corrected chi connectivity index (χ0v) is 12.4. The van der Waals surface area contributed by atoms with Gasteiger partial charge in [-0.05, 0) is 36.2 Å². The second-order valence-electron chi connectivity index (χ2n) is 4.67. The van der Waals surface area contributed by atoms with Crippen LogP contribution in [-0.4, -0.2) is 13.7 Å². The van der Waals surface area contributed by atoms with Crippen LogP contribution in [0.5, 0.6) is 5.75 Å². The van der Waals surface area contributed by atoms with Gasteiger partial charge < -0.3 is 15.8 Å². The molecular formula is C16H19ClN2O. The molecule has 0 bridgehead atoms. The highest BCUT2D eigenvalue weighted by molar-refractivity contribution is 6.31. The van der Waals surface area contributed by atoms with E-state index < -0.39 is 0 Å². The molecule has 0 aliphatic carbocycles. The van der Waals surface area contributed by atoms with Crippen LogP contribution in [0.3, 0.4) is 0 Å². The Morgan fingerprint density at radius 1 is 1.25 bits per heavy atom. The van der Waals surface area contributed by atoms with Crippen LogP contribution < -0.4 is 15.8 Å². The molecule has 4 heteroatoms. The fraction of sp³-hybridized carbons (Fsp3) is 0.250. The number of ether oxygens (including phenoxy) is 1. The lowest BCUT2D eigenvalue weighted by Crippen LogP contribution is -2.20. The van der Waals surface area contributed by atoms with E-state index >= 15 is 0 Å². The number of nitrogens with one attached hydrogen (secondary N) is 1. The first-order chi connectivity index (χ1) is 9.63.